The first-order valence-electron chi connectivity index (χ1n) is 6.32. The SMILES string of the molecule is CCCc1ccc(-c2ccccc2)cc1.OB(O)O. The van der Waals surface area contributed by atoms with Crippen LogP contribution in [0.25, 0.3) is 11.1 Å². The summed E-state index contributed by atoms with van der Waals surface area (Å²) in [5, 5.41) is 21.5. The number of hydrogen-bond acceptors (Lipinski definition) is 3. The van der Waals surface area contributed by atoms with Crippen LogP contribution in [0.5, 0.6) is 0 Å². The van der Waals surface area contributed by atoms with Crippen molar-refractivity contribution in [3.63, 3.8) is 0 Å². The van der Waals surface area contributed by atoms with Crippen molar-refractivity contribution >= 4 is 7.32 Å². The lowest BCUT2D eigenvalue weighted by Crippen LogP contribution is -2.07. The first-order valence-corrected chi connectivity index (χ1v) is 6.32. The van der Waals surface area contributed by atoms with Crippen molar-refractivity contribution in [2.24, 2.45) is 0 Å². The first kappa shape index (κ1) is 15.4. The molecule has 2 rings (SSSR count). The van der Waals surface area contributed by atoms with Crippen LogP contribution in [-0.4, -0.2) is 22.4 Å². The molecule has 0 heterocycles. The van der Waals surface area contributed by atoms with Gasteiger partial charge in [-0.2, -0.15) is 0 Å². The largest absolute Gasteiger partial charge is 0.631 e. The number of aryl methyl sites for hydroxylation is 1. The Hall–Kier alpha value is -1.62. The molecule has 0 aliphatic carbocycles. The van der Waals surface area contributed by atoms with E-state index >= 15 is 0 Å². The molecule has 4 heteroatoms. The summed E-state index contributed by atoms with van der Waals surface area (Å²) in [4.78, 5) is 0. The zero-order chi connectivity index (χ0) is 14.1. The summed E-state index contributed by atoms with van der Waals surface area (Å²) in [7, 11) is -2.17. The second-order valence-electron chi connectivity index (χ2n) is 4.16. The van der Waals surface area contributed by atoms with Gasteiger partial charge >= 0.3 is 7.32 Å². The molecule has 100 valence electrons. The maximum atomic E-state index is 7.17. The number of rotatable bonds is 3. The second-order valence-corrected chi connectivity index (χ2v) is 4.16. The van der Waals surface area contributed by atoms with Crippen LogP contribution in [0.2, 0.25) is 0 Å². The van der Waals surface area contributed by atoms with Crippen molar-refractivity contribution in [3.05, 3.63) is 60.2 Å². The summed E-state index contributed by atoms with van der Waals surface area (Å²) in [5.74, 6) is 0. The van der Waals surface area contributed by atoms with E-state index in [-0.39, 0.29) is 0 Å². The molecule has 0 radical (unpaired) electrons. The van der Waals surface area contributed by atoms with Gasteiger partial charge in [0.25, 0.3) is 0 Å². The topological polar surface area (TPSA) is 60.7 Å². The smallest absolute Gasteiger partial charge is 0.402 e. The molecule has 0 fully saturated rings. The molecule has 2 aromatic rings. The molecule has 0 saturated carbocycles. The van der Waals surface area contributed by atoms with Crippen LogP contribution in [0, 0.1) is 0 Å². The summed E-state index contributed by atoms with van der Waals surface area (Å²) < 4.78 is 0. The van der Waals surface area contributed by atoms with Crippen LogP contribution in [0.1, 0.15) is 18.9 Å². The molecule has 0 spiro atoms. The summed E-state index contributed by atoms with van der Waals surface area (Å²) in [6, 6.07) is 19.4. The van der Waals surface area contributed by atoms with Gasteiger partial charge in [-0.15, -0.1) is 0 Å². The van der Waals surface area contributed by atoms with Gasteiger partial charge < -0.3 is 15.1 Å². The maximum absolute atomic E-state index is 7.17. The molecule has 0 amide bonds. The average Bonchev–Trinajstić information content (AvgIpc) is 2.40. The quantitative estimate of drug-likeness (QED) is 0.740. The molecule has 0 unspecified atom stereocenters. The molecule has 3 nitrogen and oxygen atoms in total. The van der Waals surface area contributed by atoms with Crippen molar-refractivity contribution in [1.82, 2.24) is 0 Å². The predicted octanol–water partition coefficient (Wildman–Crippen LogP) is 2.25. The normalized spacial score (nSPS) is 9.47. The Morgan fingerprint density at radius 1 is 0.789 bits per heavy atom. The van der Waals surface area contributed by atoms with Gasteiger partial charge in [0, 0.05) is 0 Å². The van der Waals surface area contributed by atoms with Gasteiger partial charge in [0.2, 0.25) is 0 Å². The Kier molecular flexibility index (Phi) is 6.89. The molecule has 0 aliphatic rings. The van der Waals surface area contributed by atoms with Gasteiger partial charge in [-0.25, -0.2) is 0 Å². The molecule has 0 saturated heterocycles. The van der Waals surface area contributed by atoms with Crippen LogP contribution in [0.4, 0.5) is 0 Å². The molecule has 0 aliphatic heterocycles. The number of benzene rings is 2. The minimum absolute atomic E-state index is 1.18. The molecular weight excluding hydrogens is 239 g/mol. The third-order valence-corrected chi connectivity index (χ3v) is 2.60. The summed E-state index contributed by atoms with van der Waals surface area (Å²) >= 11 is 0. The molecule has 19 heavy (non-hydrogen) atoms. The highest BCUT2D eigenvalue weighted by molar-refractivity contribution is 6.30. The zero-order valence-corrected chi connectivity index (χ0v) is 11.0. The highest BCUT2D eigenvalue weighted by atomic mass is 16.5. The van der Waals surface area contributed by atoms with Crippen LogP contribution in [0.15, 0.2) is 54.6 Å². The Morgan fingerprint density at radius 2 is 1.26 bits per heavy atom. The van der Waals surface area contributed by atoms with Gasteiger partial charge in [-0.3, -0.25) is 0 Å². The monoisotopic (exact) mass is 258 g/mol. The summed E-state index contributed by atoms with van der Waals surface area (Å²) in [6.07, 6.45) is 2.39. The van der Waals surface area contributed by atoms with Gasteiger partial charge in [-0.05, 0) is 23.1 Å². The van der Waals surface area contributed by atoms with Gasteiger partial charge in [0.15, 0.2) is 0 Å². The van der Waals surface area contributed by atoms with E-state index in [1.54, 1.807) is 0 Å². The number of hydrogen-bond donors (Lipinski definition) is 3. The van der Waals surface area contributed by atoms with Crippen molar-refractivity contribution in [1.29, 1.82) is 0 Å². The highest BCUT2D eigenvalue weighted by Gasteiger charge is 1.96. The zero-order valence-electron chi connectivity index (χ0n) is 11.0. The average molecular weight is 258 g/mol. The highest BCUT2D eigenvalue weighted by Crippen LogP contribution is 2.19. The van der Waals surface area contributed by atoms with E-state index in [1.807, 2.05) is 0 Å². The fourth-order valence-electron chi connectivity index (χ4n) is 1.78. The fourth-order valence-corrected chi connectivity index (χ4v) is 1.78. The van der Waals surface area contributed by atoms with E-state index < -0.39 is 7.32 Å². The Bertz CT molecular complexity index is 452. The van der Waals surface area contributed by atoms with Crippen LogP contribution < -0.4 is 0 Å². The van der Waals surface area contributed by atoms with E-state index in [4.69, 9.17) is 15.1 Å². The lowest BCUT2D eigenvalue weighted by atomic mass is 10.0. The molecule has 0 atom stereocenters. The summed E-state index contributed by atoms with van der Waals surface area (Å²) in [6.45, 7) is 2.21. The maximum Gasteiger partial charge on any atom is 0.631 e. The minimum atomic E-state index is -2.17. The van der Waals surface area contributed by atoms with Gasteiger partial charge in [0.05, 0.1) is 0 Å². The van der Waals surface area contributed by atoms with E-state index in [2.05, 4.69) is 61.5 Å². The minimum Gasteiger partial charge on any atom is -0.402 e. The van der Waals surface area contributed by atoms with Crippen molar-refractivity contribution in [2.45, 2.75) is 19.8 Å². The van der Waals surface area contributed by atoms with Crippen LogP contribution in [-0.2, 0) is 6.42 Å². The standard InChI is InChI=1S/C15H16.BH3O3/c1-2-6-13-9-11-15(12-10-13)14-7-4-3-5-8-14;2-1(3)4/h3-5,7-12H,2,6H2,1H3;2-4H. The van der Waals surface area contributed by atoms with E-state index in [0.29, 0.717) is 0 Å². The third-order valence-electron chi connectivity index (χ3n) is 2.60. The van der Waals surface area contributed by atoms with E-state index in [0.717, 1.165) is 0 Å². The lowest BCUT2D eigenvalue weighted by molar-refractivity contribution is 0.278. The van der Waals surface area contributed by atoms with Crippen LogP contribution in [0.3, 0.4) is 0 Å². The van der Waals surface area contributed by atoms with Crippen molar-refractivity contribution in [2.75, 3.05) is 0 Å². The lowest BCUT2D eigenvalue weighted by Gasteiger charge is -2.03. The predicted molar refractivity (Wildman–Crippen MR) is 78.3 cm³/mol. The third kappa shape index (κ3) is 6.20. The second kappa shape index (κ2) is 8.48. The van der Waals surface area contributed by atoms with E-state index in [9.17, 15) is 0 Å². The Morgan fingerprint density at radius 3 is 1.74 bits per heavy atom. The Balaban J connectivity index is 0.000000399. The Labute approximate surface area is 114 Å². The van der Waals surface area contributed by atoms with Gasteiger partial charge in [-0.1, -0.05) is 67.9 Å². The van der Waals surface area contributed by atoms with Crippen molar-refractivity contribution in [3.8, 4) is 11.1 Å². The first-order chi connectivity index (χ1) is 9.13. The summed E-state index contributed by atoms with van der Waals surface area (Å²) in [5.41, 5.74) is 4.02. The molecule has 3 N–H and O–H groups in total. The van der Waals surface area contributed by atoms with Gasteiger partial charge in [0.1, 0.15) is 0 Å². The molecule has 2 aromatic carbocycles. The molecule has 0 aromatic heterocycles. The van der Waals surface area contributed by atoms with Crippen molar-refractivity contribution < 1.29 is 15.1 Å². The van der Waals surface area contributed by atoms with Crippen LogP contribution >= 0.6 is 0 Å². The fraction of sp³-hybridized carbons (Fsp3) is 0.200. The van der Waals surface area contributed by atoms with E-state index in [1.165, 1.54) is 29.5 Å². The molecule has 0 bridgehead atoms. The molecular formula is C15H19BO3.